The lowest BCUT2D eigenvalue weighted by molar-refractivity contribution is -0.141. The number of halogens is 3. The monoisotopic (exact) mass is 366 g/mol. The zero-order valence-electron chi connectivity index (χ0n) is 14.8. The molecule has 0 unspecified atom stereocenters. The summed E-state index contributed by atoms with van der Waals surface area (Å²) >= 11 is 0. The summed E-state index contributed by atoms with van der Waals surface area (Å²) in [6, 6.07) is 2.87. The molecule has 2 aromatic heterocycles. The second-order valence-corrected chi connectivity index (χ2v) is 6.27. The molecule has 0 radical (unpaired) electrons. The summed E-state index contributed by atoms with van der Waals surface area (Å²) in [6.45, 7) is 6.84. The van der Waals surface area contributed by atoms with Gasteiger partial charge in [0.15, 0.2) is 0 Å². The minimum absolute atomic E-state index is 0.146. The molecule has 2 aromatic rings. The molecule has 0 atom stereocenters. The fraction of sp³-hybridized carbons (Fsp3) is 0.529. The quantitative estimate of drug-likeness (QED) is 0.829. The van der Waals surface area contributed by atoms with E-state index in [-0.39, 0.29) is 5.95 Å². The minimum atomic E-state index is -4.46. The van der Waals surface area contributed by atoms with Gasteiger partial charge in [-0.2, -0.15) is 13.2 Å². The first-order valence-corrected chi connectivity index (χ1v) is 8.56. The van der Waals surface area contributed by atoms with Crippen LogP contribution in [0.3, 0.4) is 0 Å². The van der Waals surface area contributed by atoms with Gasteiger partial charge in [-0.3, -0.25) is 4.90 Å². The molecule has 0 aromatic carbocycles. The van der Waals surface area contributed by atoms with Crippen LogP contribution in [0, 0.1) is 6.92 Å². The molecule has 0 saturated carbocycles. The molecule has 1 aliphatic rings. The Bertz CT molecular complexity index is 756. The Hall–Kier alpha value is -2.29. The van der Waals surface area contributed by atoms with Gasteiger partial charge in [-0.15, -0.1) is 0 Å². The highest BCUT2D eigenvalue weighted by molar-refractivity contribution is 5.34. The summed E-state index contributed by atoms with van der Waals surface area (Å²) in [7, 11) is 0. The van der Waals surface area contributed by atoms with Gasteiger partial charge in [0.2, 0.25) is 5.95 Å². The number of hydrogen-bond acceptors (Lipinski definition) is 6. The molecule has 0 aliphatic carbocycles. The Kier molecular flexibility index (Phi) is 5.36. The van der Waals surface area contributed by atoms with E-state index in [1.807, 2.05) is 13.0 Å². The van der Waals surface area contributed by atoms with Crippen molar-refractivity contribution in [2.45, 2.75) is 33.0 Å². The zero-order chi connectivity index (χ0) is 18.7. The molecular formula is C17H21F3N6. The van der Waals surface area contributed by atoms with E-state index in [0.717, 1.165) is 24.0 Å². The van der Waals surface area contributed by atoms with Crippen LogP contribution in [0.2, 0.25) is 0 Å². The van der Waals surface area contributed by atoms with Crippen molar-refractivity contribution in [1.29, 1.82) is 0 Å². The Morgan fingerprint density at radius 3 is 2.46 bits per heavy atom. The SMILES string of the molecule is CCc1nccc(CN2CCN(c3nc(C)cc(C(F)(F)F)n3)CC2)n1. The van der Waals surface area contributed by atoms with Gasteiger partial charge in [0, 0.05) is 51.0 Å². The van der Waals surface area contributed by atoms with E-state index >= 15 is 0 Å². The first kappa shape index (κ1) is 18.5. The Morgan fingerprint density at radius 1 is 1.08 bits per heavy atom. The number of hydrogen-bond donors (Lipinski definition) is 0. The minimum Gasteiger partial charge on any atom is -0.338 e. The van der Waals surface area contributed by atoms with E-state index < -0.39 is 11.9 Å². The van der Waals surface area contributed by atoms with Gasteiger partial charge >= 0.3 is 6.18 Å². The molecule has 3 rings (SSSR count). The van der Waals surface area contributed by atoms with Crippen molar-refractivity contribution in [2.24, 2.45) is 0 Å². The van der Waals surface area contributed by atoms with Gasteiger partial charge in [-0.25, -0.2) is 19.9 Å². The standard InChI is InChI=1S/C17H21F3N6/c1-3-15-21-5-4-13(23-15)11-25-6-8-26(9-7-25)16-22-12(2)10-14(24-16)17(18,19)20/h4-5,10H,3,6-9,11H2,1-2H3. The number of rotatable bonds is 4. The van der Waals surface area contributed by atoms with Gasteiger partial charge in [0.25, 0.3) is 0 Å². The summed E-state index contributed by atoms with van der Waals surface area (Å²) in [5.41, 5.74) is 0.379. The number of piperazine rings is 1. The van der Waals surface area contributed by atoms with Crippen LogP contribution in [0.15, 0.2) is 18.3 Å². The van der Waals surface area contributed by atoms with Gasteiger partial charge < -0.3 is 4.90 Å². The molecular weight excluding hydrogens is 345 g/mol. The highest BCUT2D eigenvalue weighted by Gasteiger charge is 2.34. The summed E-state index contributed by atoms with van der Waals surface area (Å²) in [4.78, 5) is 20.6. The normalized spacial score (nSPS) is 16.1. The maximum Gasteiger partial charge on any atom is 0.433 e. The number of alkyl halides is 3. The van der Waals surface area contributed by atoms with Crippen LogP contribution in [-0.4, -0.2) is 51.0 Å². The van der Waals surface area contributed by atoms with Crippen LogP contribution in [-0.2, 0) is 19.1 Å². The average Bonchev–Trinajstić information content (AvgIpc) is 2.61. The summed E-state index contributed by atoms with van der Waals surface area (Å²) in [5.74, 6) is 0.959. The largest absolute Gasteiger partial charge is 0.433 e. The van der Waals surface area contributed by atoms with Crippen LogP contribution >= 0.6 is 0 Å². The average molecular weight is 366 g/mol. The number of aryl methyl sites for hydroxylation is 2. The molecule has 1 saturated heterocycles. The summed E-state index contributed by atoms with van der Waals surface area (Å²) in [5, 5.41) is 0. The number of anilines is 1. The number of aromatic nitrogens is 4. The number of nitrogens with zero attached hydrogens (tertiary/aromatic N) is 6. The Labute approximate surface area is 150 Å². The molecule has 0 bridgehead atoms. The van der Waals surface area contributed by atoms with Gasteiger partial charge in [0.05, 0.1) is 5.69 Å². The molecule has 1 aliphatic heterocycles. The first-order chi connectivity index (χ1) is 12.3. The molecule has 140 valence electrons. The first-order valence-electron chi connectivity index (χ1n) is 8.56. The molecule has 0 spiro atoms. The topological polar surface area (TPSA) is 58.0 Å². The Morgan fingerprint density at radius 2 is 1.81 bits per heavy atom. The van der Waals surface area contributed by atoms with Crippen molar-refractivity contribution in [3.8, 4) is 0 Å². The zero-order valence-corrected chi connectivity index (χ0v) is 14.8. The molecule has 26 heavy (non-hydrogen) atoms. The van der Waals surface area contributed by atoms with Crippen molar-refractivity contribution in [3.05, 3.63) is 41.2 Å². The van der Waals surface area contributed by atoms with E-state index in [9.17, 15) is 13.2 Å². The van der Waals surface area contributed by atoms with Crippen molar-refractivity contribution in [1.82, 2.24) is 24.8 Å². The van der Waals surface area contributed by atoms with Gasteiger partial charge in [-0.1, -0.05) is 6.92 Å². The molecule has 6 nitrogen and oxygen atoms in total. The predicted molar refractivity (Wildman–Crippen MR) is 90.7 cm³/mol. The maximum absolute atomic E-state index is 13.0. The summed E-state index contributed by atoms with van der Waals surface area (Å²) < 4.78 is 38.9. The van der Waals surface area contributed by atoms with Gasteiger partial charge in [0.1, 0.15) is 11.5 Å². The molecule has 3 heterocycles. The summed E-state index contributed by atoms with van der Waals surface area (Å²) in [6.07, 6.45) is -1.92. The lowest BCUT2D eigenvalue weighted by atomic mass is 10.2. The van der Waals surface area contributed by atoms with E-state index in [1.165, 1.54) is 0 Å². The van der Waals surface area contributed by atoms with Crippen LogP contribution in [0.1, 0.15) is 29.8 Å². The fourth-order valence-corrected chi connectivity index (χ4v) is 2.87. The Balaban J connectivity index is 1.64. The van der Waals surface area contributed by atoms with Crippen molar-refractivity contribution < 1.29 is 13.2 Å². The fourth-order valence-electron chi connectivity index (χ4n) is 2.87. The third-order valence-electron chi connectivity index (χ3n) is 4.25. The van der Waals surface area contributed by atoms with Crippen molar-refractivity contribution >= 4 is 5.95 Å². The lowest BCUT2D eigenvalue weighted by Gasteiger charge is -2.34. The van der Waals surface area contributed by atoms with Crippen LogP contribution in [0.4, 0.5) is 19.1 Å². The molecule has 0 N–H and O–H groups in total. The molecule has 9 heteroatoms. The third-order valence-corrected chi connectivity index (χ3v) is 4.25. The highest BCUT2D eigenvalue weighted by atomic mass is 19.4. The molecule has 1 fully saturated rings. The van der Waals surface area contributed by atoms with E-state index in [0.29, 0.717) is 38.4 Å². The van der Waals surface area contributed by atoms with Gasteiger partial charge in [-0.05, 0) is 19.1 Å². The van der Waals surface area contributed by atoms with Crippen LogP contribution in [0.5, 0.6) is 0 Å². The smallest absolute Gasteiger partial charge is 0.338 e. The predicted octanol–water partition coefficient (Wildman–Crippen LogP) is 2.48. The van der Waals surface area contributed by atoms with E-state index in [2.05, 4.69) is 24.8 Å². The molecule has 0 amide bonds. The van der Waals surface area contributed by atoms with E-state index in [4.69, 9.17) is 0 Å². The van der Waals surface area contributed by atoms with Crippen LogP contribution < -0.4 is 4.90 Å². The highest BCUT2D eigenvalue weighted by Crippen LogP contribution is 2.29. The maximum atomic E-state index is 13.0. The van der Waals surface area contributed by atoms with E-state index in [1.54, 1.807) is 18.0 Å². The van der Waals surface area contributed by atoms with Crippen molar-refractivity contribution in [2.75, 3.05) is 31.1 Å². The second-order valence-electron chi connectivity index (χ2n) is 6.27. The third kappa shape index (κ3) is 4.46. The van der Waals surface area contributed by atoms with Crippen LogP contribution in [0.25, 0.3) is 0 Å². The van der Waals surface area contributed by atoms with Crippen molar-refractivity contribution in [3.63, 3.8) is 0 Å². The second kappa shape index (κ2) is 7.53. The lowest BCUT2D eigenvalue weighted by Crippen LogP contribution is -2.46.